The molecule has 1 rings (SSSR count). The fraction of sp³-hybridized carbons (Fsp3) is 1.00. The van der Waals surface area contributed by atoms with Crippen molar-refractivity contribution < 1.29 is 0 Å². The smallest absolute Gasteiger partial charge is 0.0533 e. The van der Waals surface area contributed by atoms with E-state index in [1.54, 1.807) is 0 Å². The summed E-state index contributed by atoms with van der Waals surface area (Å²) in [5.74, 6) is 0. The highest BCUT2D eigenvalue weighted by Crippen LogP contribution is 2.15. The molecule has 0 nitrogen and oxygen atoms in total. The lowest BCUT2D eigenvalue weighted by Crippen LogP contribution is -1.85. The average molecular weight is 255 g/mol. The molecule has 0 saturated heterocycles. The van der Waals surface area contributed by atoms with Crippen molar-refractivity contribution in [3.05, 3.63) is 0 Å². The van der Waals surface area contributed by atoms with Crippen LogP contribution in [0.25, 0.3) is 0 Å². The van der Waals surface area contributed by atoms with Crippen LogP contribution >= 0.6 is 0 Å². The summed E-state index contributed by atoms with van der Waals surface area (Å²) < 4.78 is 0. The molecule has 0 aromatic heterocycles. The van der Waals surface area contributed by atoms with Gasteiger partial charge < -0.3 is 0 Å². The first-order chi connectivity index (χ1) is 8.91. The molecule has 0 radical (unpaired) electrons. The van der Waals surface area contributed by atoms with Crippen molar-refractivity contribution in [2.75, 3.05) is 0 Å². The molecule has 0 N–H and O–H groups in total. The number of unbranched alkanes of at least 4 members (excludes halogenated alkanes) is 5. The van der Waals surface area contributed by atoms with Gasteiger partial charge in [0.1, 0.15) is 0 Å². The van der Waals surface area contributed by atoms with Crippen molar-refractivity contribution in [1.82, 2.24) is 0 Å². The lowest BCUT2D eigenvalue weighted by molar-refractivity contribution is 0.504. The minimum atomic E-state index is 1.36. The van der Waals surface area contributed by atoms with Crippen LogP contribution < -0.4 is 0 Å². The Labute approximate surface area is 117 Å². The third-order valence-electron chi connectivity index (χ3n) is 3.96. The lowest BCUT2D eigenvalue weighted by atomic mass is 10.0. The summed E-state index contributed by atoms with van der Waals surface area (Å²) in [5, 5.41) is 0. The molecule has 1 saturated carbocycles. The summed E-state index contributed by atoms with van der Waals surface area (Å²) >= 11 is 0. The van der Waals surface area contributed by atoms with E-state index in [4.69, 9.17) is 0 Å². The summed E-state index contributed by atoms with van der Waals surface area (Å²) in [7, 11) is 0. The van der Waals surface area contributed by atoms with Crippen LogP contribution in [-0.2, 0) is 0 Å². The van der Waals surface area contributed by atoms with Crippen LogP contribution in [0.3, 0.4) is 0 Å². The van der Waals surface area contributed by atoms with E-state index < -0.39 is 0 Å². The minimum Gasteiger partial charge on any atom is -0.0654 e. The molecule has 0 amide bonds. The Hall–Kier alpha value is 0. The second-order valence-corrected chi connectivity index (χ2v) is 5.95. The van der Waals surface area contributed by atoms with Gasteiger partial charge in [0.25, 0.3) is 0 Å². The molecular formula is C18H38. The largest absolute Gasteiger partial charge is 0.0654 e. The first-order valence-electron chi connectivity index (χ1n) is 8.91. The van der Waals surface area contributed by atoms with Crippen LogP contribution in [0.2, 0.25) is 0 Å². The van der Waals surface area contributed by atoms with Gasteiger partial charge in [-0.2, -0.15) is 0 Å². The standard InChI is InChI=1S/C10H20.C8H18/c1-2-4-6-8-10-9-7-5-3-1;1-3-5-7-8-6-4-2/h1-10H2;3-8H2,1-2H3. The zero-order chi connectivity index (χ0) is 13.3. The van der Waals surface area contributed by atoms with Gasteiger partial charge in [-0.15, -0.1) is 0 Å². The van der Waals surface area contributed by atoms with Crippen molar-refractivity contribution in [2.45, 2.75) is 117 Å². The van der Waals surface area contributed by atoms with E-state index in [1.807, 2.05) is 0 Å². The van der Waals surface area contributed by atoms with Crippen LogP contribution in [0, 0.1) is 0 Å². The van der Waals surface area contributed by atoms with Crippen LogP contribution in [0.15, 0.2) is 0 Å². The Bertz CT molecular complexity index is 88.8. The van der Waals surface area contributed by atoms with Gasteiger partial charge in [0, 0.05) is 0 Å². The first kappa shape index (κ1) is 18.0. The normalized spacial score (nSPS) is 17.7. The third kappa shape index (κ3) is 16.0. The Balaban J connectivity index is 0.000000331. The quantitative estimate of drug-likeness (QED) is 0.453. The SMILES string of the molecule is C1CCCCCCCCC1.CCCCCCCC. The third-order valence-corrected chi connectivity index (χ3v) is 3.96. The maximum absolute atomic E-state index is 2.26. The molecule has 0 heteroatoms. The van der Waals surface area contributed by atoms with Gasteiger partial charge in [-0.3, -0.25) is 0 Å². The average Bonchev–Trinajstić information content (AvgIpc) is 2.42. The topological polar surface area (TPSA) is 0 Å². The molecule has 1 fully saturated rings. The van der Waals surface area contributed by atoms with Crippen LogP contribution in [0.1, 0.15) is 117 Å². The van der Waals surface area contributed by atoms with E-state index in [2.05, 4.69) is 13.8 Å². The number of hydrogen-bond donors (Lipinski definition) is 0. The molecule has 0 aliphatic heterocycles. The maximum Gasteiger partial charge on any atom is -0.0533 e. The summed E-state index contributed by atoms with van der Waals surface area (Å²) in [5.41, 5.74) is 0. The van der Waals surface area contributed by atoms with Crippen LogP contribution in [0.5, 0.6) is 0 Å². The highest BCUT2D eigenvalue weighted by atomic mass is 14.0. The monoisotopic (exact) mass is 254 g/mol. The predicted octanol–water partition coefficient (Wildman–Crippen LogP) is 7.27. The lowest BCUT2D eigenvalue weighted by Gasteiger charge is -2.05. The molecule has 0 aromatic rings. The highest BCUT2D eigenvalue weighted by Gasteiger charge is 1.95. The fourth-order valence-corrected chi connectivity index (χ4v) is 2.62. The van der Waals surface area contributed by atoms with E-state index in [0.717, 1.165) is 0 Å². The van der Waals surface area contributed by atoms with Crippen molar-refractivity contribution >= 4 is 0 Å². The molecule has 0 bridgehead atoms. The van der Waals surface area contributed by atoms with Crippen LogP contribution in [-0.4, -0.2) is 0 Å². The van der Waals surface area contributed by atoms with Gasteiger partial charge in [0.2, 0.25) is 0 Å². The van der Waals surface area contributed by atoms with Gasteiger partial charge in [0.05, 0.1) is 0 Å². The van der Waals surface area contributed by atoms with Crippen molar-refractivity contribution in [1.29, 1.82) is 0 Å². The van der Waals surface area contributed by atoms with Crippen LogP contribution in [0.4, 0.5) is 0 Å². The Morgan fingerprint density at radius 2 is 0.611 bits per heavy atom. The summed E-state index contributed by atoms with van der Waals surface area (Å²) in [6, 6.07) is 0. The van der Waals surface area contributed by atoms with Crippen molar-refractivity contribution in [2.24, 2.45) is 0 Å². The Kier molecular flexibility index (Phi) is 17.0. The van der Waals surface area contributed by atoms with Crippen molar-refractivity contribution in [3.8, 4) is 0 Å². The minimum absolute atomic E-state index is 1.36. The Morgan fingerprint density at radius 1 is 0.389 bits per heavy atom. The number of hydrogen-bond acceptors (Lipinski definition) is 0. The predicted molar refractivity (Wildman–Crippen MR) is 85.2 cm³/mol. The van der Waals surface area contributed by atoms with Crippen molar-refractivity contribution in [3.63, 3.8) is 0 Å². The zero-order valence-corrected chi connectivity index (χ0v) is 13.3. The Morgan fingerprint density at radius 3 is 0.778 bits per heavy atom. The van der Waals surface area contributed by atoms with Gasteiger partial charge in [-0.25, -0.2) is 0 Å². The van der Waals surface area contributed by atoms with E-state index in [-0.39, 0.29) is 0 Å². The second-order valence-electron chi connectivity index (χ2n) is 5.95. The van der Waals surface area contributed by atoms with Gasteiger partial charge >= 0.3 is 0 Å². The molecule has 0 aromatic carbocycles. The van der Waals surface area contributed by atoms with E-state index in [0.29, 0.717) is 0 Å². The van der Waals surface area contributed by atoms with Gasteiger partial charge in [-0.1, -0.05) is 117 Å². The molecule has 1 aliphatic rings. The summed E-state index contributed by atoms with van der Waals surface area (Å²) in [4.78, 5) is 0. The first-order valence-corrected chi connectivity index (χ1v) is 8.91. The molecule has 1 aliphatic carbocycles. The zero-order valence-electron chi connectivity index (χ0n) is 13.3. The van der Waals surface area contributed by atoms with E-state index in [1.165, 1.54) is 103 Å². The second kappa shape index (κ2) is 17.0. The maximum atomic E-state index is 2.26. The van der Waals surface area contributed by atoms with Gasteiger partial charge in [0.15, 0.2) is 0 Å². The molecule has 0 heterocycles. The van der Waals surface area contributed by atoms with Gasteiger partial charge in [-0.05, 0) is 0 Å². The van der Waals surface area contributed by atoms with E-state index in [9.17, 15) is 0 Å². The fourth-order valence-electron chi connectivity index (χ4n) is 2.62. The van der Waals surface area contributed by atoms with E-state index >= 15 is 0 Å². The summed E-state index contributed by atoms with van der Waals surface area (Å²) in [6.07, 6.45) is 23.5. The molecular weight excluding hydrogens is 216 g/mol. The molecule has 0 atom stereocenters. The highest BCUT2D eigenvalue weighted by molar-refractivity contribution is 4.51. The number of rotatable bonds is 5. The molecule has 18 heavy (non-hydrogen) atoms. The molecule has 110 valence electrons. The molecule has 0 spiro atoms. The molecule has 0 unspecified atom stereocenters. The summed E-state index contributed by atoms with van der Waals surface area (Å²) in [6.45, 7) is 4.51.